The largest absolute Gasteiger partial charge is 0.507 e. The molecule has 3 unspecified atom stereocenters. The highest BCUT2D eigenvalue weighted by Gasteiger charge is 2.21. The minimum atomic E-state index is 0.0271. The van der Waals surface area contributed by atoms with Crippen molar-refractivity contribution < 1.29 is 5.11 Å². The van der Waals surface area contributed by atoms with Crippen molar-refractivity contribution in [2.75, 3.05) is 0 Å². The summed E-state index contributed by atoms with van der Waals surface area (Å²) in [5.41, 5.74) is 16.3. The zero-order valence-electron chi connectivity index (χ0n) is 16.0. The van der Waals surface area contributed by atoms with E-state index in [1.54, 1.807) is 6.21 Å². The molecule has 0 saturated heterocycles. The third-order valence-electron chi connectivity index (χ3n) is 5.05. The topological polar surface area (TPSA) is 84.6 Å². The van der Waals surface area contributed by atoms with Crippen molar-refractivity contribution in [3.8, 4) is 5.75 Å². The van der Waals surface area contributed by atoms with Gasteiger partial charge in [0.25, 0.3) is 0 Å². The molecule has 138 valence electrons. The number of aliphatic imine (C=N–C) groups is 1. The summed E-state index contributed by atoms with van der Waals surface area (Å²) < 4.78 is 0. The quantitative estimate of drug-likeness (QED) is 0.708. The van der Waals surface area contributed by atoms with E-state index in [0.717, 1.165) is 42.4 Å². The van der Waals surface area contributed by atoms with Crippen LogP contribution in [0.4, 0.5) is 0 Å². The summed E-state index contributed by atoms with van der Waals surface area (Å²) in [4.78, 5) is 4.45. The van der Waals surface area contributed by atoms with Gasteiger partial charge in [0.15, 0.2) is 0 Å². The highest BCUT2D eigenvalue weighted by Crippen LogP contribution is 2.32. The molecule has 0 aromatic heterocycles. The number of phenols is 1. The number of phenolic OH excluding ortho intramolecular Hbond substituents is 1. The van der Waals surface area contributed by atoms with E-state index in [9.17, 15) is 5.11 Å². The highest BCUT2D eigenvalue weighted by molar-refractivity contribution is 5.86. The lowest BCUT2D eigenvalue weighted by Crippen LogP contribution is -2.35. The van der Waals surface area contributed by atoms with Crippen molar-refractivity contribution in [1.29, 1.82) is 0 Å². The normalized spacial score (nSPS) is 24.4. The molecule has 4 nitrogen and oxygen atoms in total. The second-order valence-electron chi connectivity index (χ2n) is 7.60. The molecule has 0 radical (unpaired) electrons. The second-order valence-corrected chi connectivity index (χ2v) is 7.60. The number of hydrogen-bond donors (Lipinski definition) is 3. The summed E-state index contributed by atoms with van der Waals surface area (Å²) in [6, 6.07) is 4.50. The first kappa shape index (κ1) is 19.7. The van der Waals surface area contributed by atoms with Gasteiger partial charge in [-0.2, -0.15) is 0 Å². The Hall–Kier alpha value is -1.65. The summed E-state index contributed by atoms with van der Waals surface area (Å²) >= 11 is 0. The molecule has 2 rings (SSSR count). The fraction of sp³-hybridized carbons (Fsp3) is 0.571. The summed E-state index contributed by atoms with van der Waals surface area (Å²) in [5.74, 6) is 0.696. The Bertz CT molecular complexity index is 649. The average Bonchev–Trinajstić information content (AvgIpc) is 2.57. The van der Waals surface area contributed by atoms with Crippen LogP contribution in [0.5, 0.6) is 5.75 Å². The maximum Gasteiger partial charge on any atom is 0.131 e. The van der Waals surface area contributed by atoms with Gasteiger partial charge in [0.1, 0.15) is 5.75 Å². The fourth-order valence-corrected chi connectivity index (χ4v) is 3.16. The van der Waals surface area contributed by atoms with E-state index in [1.807, 2.05) is 26.0 Å². The van der Waals surface area contributed by atoms with Crippen LogP contribution in [0.3, 0.4) is 0 Å². The predicted molar refractivity (Wildman–Crippen MR) is 107 cm³/mol. The van der Waals surface area contributed by atoms with Gasteiger partial charge in [-0.15, -0.1) is 0 Å². The van der Waals surface area contributed by atoms with Crippen molar-refractivity contribution in [3.05, 3.63) is 34.4 Å². The monoisotopic (exact) mass is 343 g/mol. The Morgan fingerprint density at radius 3 is 2.52 bits per heavy atom. The van der Waals surface area contributed by atoms with Gasteiger partial charge in [-0.25, -0.2) is 0 Å². The molecule has 1 aliphatic carbocycles. The Balaban J connectivity index is 2.49. The van der Waals surface area contributed by atoms with Gasteiger partial charge in [0.2, 0.25) is 0 Å². The van der Waals surface area contributed by atoms with Crippen LogP contribution in [0.2, 0.25) is 0 Å². The van der Waals surface area contributed by atoms with E-state index in [1.165, 1.54) is 5.56 Å². The summed E-state index contributed by atoms with van der Waals surface area (Å²) in [6.07, 6.45) is 7.53. The van der Waals surface area contributed by atoms with Gasteiger partial charge in [-0.05, 0) is 63.1 Å². The molecule has 1 saturated carbocycles. The van der Waals surface area contributed by atoms with Crippen LogP contribution in [-0.2, 0) is 0 Å². The zero-order chi connectivity index (χ0) is 18.6. The van der Waals surface area contributed by atoms with Gasteiger partial charge in [-0.3, -0.25) is 4.99 Å². The molecule has 0 amide bonds. The summed E-state index contributed by atoms with van der Waals surface area (Å²) in [5, 5.41) is 10.8. The average molecular weight is 344 g/mol. The molecule has 5 N–H and O–H groups in total. The Labute approximate surface area is 152 Å². The van der Waals surface area contributed by atoms with E-state index in [-0.39, 0.29) is 23.9 Å². The van der Waals surface area contributed by atoms with Crippen LogP contribution < -0.4 is 11.5 Å². The lowest BCUT2D eigenvalue weighted by atomic mass is 9.85. The molecule has 1 aromatic carbocycles. The maximum atomic E-state index is 10.8. The molecule has 1 aliphatic rings. The molecule has 0 aliphatic heterocycles. The van der Waals surface area contributed by atoms with E-state index >= 15 is 0 Å². The number of rotatable bonds is 5. The van der Waals surface area contributed by atoms with Crippen LogP contribution >= 0.6 is 0 Å². The van der Waals surface area contributed by atoms with Crippen LogP contribution in [0.25, 0.3) is 6.08 Å². The van der Waals surface area contributed by atoms with Crippen molar-refractivity contribution in [3.63, 3.8) is 0 Å². The van der Waals surface area contributed by atoms with Gasteiger partial charge < -0.3 is 16.6 Å². The molecule has 1 aromatic rings. The number of aromatic hydroxyl groups is 1. The lowest BCUT2D eigenvalue weighted by molar-refractivity contribution is 0.469. The minimum Gasteiger partial charge on any atom is -0.507 e. The maximum absolute atomic E-state index is 10.8. The van der Waals surface area contributed by atoms with Gasteiger partial charge in [0, 0.05) is 35.5 Å². The molecule has 25 heavy (non-hydrogen) atoms. The molecular formula is C21H33N3O. The summed E-state index contributed by atoms with van der Waals surface area (Å²) in [7, 11) is 0. The van der Waals surface area contributed by atoms with Gasteiger partial charge >= 0.3 is 0 Å². The number of nitrogens with zero attached hydrogens (tertiary/aromatic N) is 1. The van der Waals surface area contributed by atoms with Crippen LogP contribution in [0.15, 0.2) is 22.7 Å². The summed E-state index contributed by atoms with van der Waals surface area (Å²) in [6.45, 7) is 8.43. The number of nitrogens with two attached hydrogens (primary N) is 2. The number of hydrogen-bond acceptors (Lipinski definition) is 4. The Morgan fingerprint density at radius 2 is 1.88 bits per heavy atom. The van der Waals surface area contributed by atoms with Crippen molar-refractivity contribution in [1.82, 2.24) is 0 Å². The third-order valence-corrected chi connectivity index (χ3v) is 5.05. The van der Waals surface area contributed by atoms with E-state index in [0.29, 0.717) is 5.92 Å². The second kappa shape index (κ2) is 8.63. The molecule has 0 bridgehead atoms. The third kappa shape index (κ3) is 5.16. The highest BCUT2D eigenvalue weighted by atomic mass is 16.3. The zero-order valence-corrected chi connectivity index (χ0v) is 16.0. The smallest absolute Gasteiger partial charge is 0.131 e. The standard InChI is InChI=1S/C21H33N3O/c1-5-14(4)15-8-17(10-16-11-19(22)6-7-20(16)23)21(25)18(9-15)12-24-13(2)3/h8-10,12-14,19-20,25H,5-7,11,22-23H2,1-4H3. The number of benzene rings is 1. The molecule has 3 atom stereocenters. The first-order valence-corrected chi connectivity index (χ1v) is 9.43. The lowest BCUT2D eigenvalue weighted by Gasteiger charge is -2.27. The SMILES string of the molecule is CCC(C)c1cc(C=NC(C)C)c(O)c(C=C2CC(N)CCC2N)c1. The molecule has 0 spiro atoms. The van der Waals surface area contributed by atoms with E-state index in [2.05, 4.69) is 24.9 Å². The first-order chi connectivity index (χ1) is 11.8. The van der Waals surface area contributed by atoms with Gasteiger partial charge in [-0.1, -0.05) is 25.5 Å². The molecular weight excluding hydrogens is 310 g/mol. The minimum absolute atomic E-state index is 0.0271. The molecule has 1 fully saturated rings. The van der Waals surface area contributed by atoms with Crippen LogP contribution in [-0.4, -0.2) is 29.4 Å². The van der Waals surface area contributed by atoms with Crippen LogP contribution in [0, 0.1) is 0 Å². The Kier molecular flexibility index (Phi) is 6.79. The first-order valence-electron chi connectivity index (χ1n) is 9.43. The molecule has 4 heteroatoms. The van der Waals surface area contributed by atoms with E-state index < -0.39 is 0 Å². The van der Waals surface area contributed by atoms with Gasteiger partial charge in [0.05, 0.1) is 0 Å². The predicted octanol–water partition coefficient (Wildman–Crippen LogP) is 3.95. The van der Waals surface area contributed by atoms with E-state index in [4.69, 9.17) is 11.5 Å². The van der Waals surface area contributed by atoms with Crippen LogP contribution in [0.1, 0.15) is 76.0 Å². The fourth-order valence-electron chi connectivity index (χ4n) is 3.16. The Morgan fingerprint density at radius 1 is 1.20 bits per heavy atom. The van der Waals surface area contributed by atoms with Crippen molar-refractivity contribution in [2.24, 2.45) is 16.5 Å². The van der Waals surface area contributed by atoms with Crippen molar-refractivity contribution >= 4 is 12.3 Å². The van der Waals surface area contributed by atoms with Crippen molar-refractivity contribution in [2.45, 2.75) is 77.4 Å². The molecule has 0 heterocycles.